The zero-order valence-corrected chi connectivity index (χ0v) is 15.5. The zero-order chi connectivity index (χ0) is 19.8. The van der Waals surface area contributed by atoms with Crippen LogP contribution in [0, 0.1) is 0 Å². The molecule has 0 aliphatic carbocycles. The summed E-state index contributed by atoms with van der Waals surface area (Å²) < 4.78 is 10.4. The van der Waals surface area contributed by atoms with Crippen LogP contribution in [0.3, 0.4) is 0 Å². The molecule has 3 amide bonds. The Bertz CT molecular complexity index is 813. The van der Waals surface area contributed by atoms with E-state index in [9.17, 15) is 14.4 Å². The van der Waals surface area contributed by atoms with Crippen molar-refractivity contribution < 1.29 is 23.5 Å². The van der Waals surface area contributed by atoms with Crippen LogP contribution in [0.4, 0.5) is 5.69 Å². The number of anilines is 1. The van der Waals surface area contributed by atoms with Gasteiger partial charge in [-0.3, -0.25) is 14.4 Å². The first-order chi connectivity index (χ1) is 13.6. The summed E-state index contributed by atoms with van der Waals surface area (Å²) in [4.78, 5) is 37.6. The molecule has 8 heteroatoms. The first-order valence-corrected chi connectivity index (χ1v) is 9.23. The van der Waals surface area contributed by atoms with Crippen molar-refractivity contribution >= 4 is 23.4 Å². The lowest BCUT2D eigenvalue weighted by atomic mass is 10.2. The molecule has 2 aromatic rings. The number of rotatable bonds is 8. The van der Waals surface area contributed by atoms with Crippen LogP contribution in [0.15, 0.2) is 47.3 Å². The van der Waals surface area contributed by atoms with Crippen molar-refractivity contribution in [2.75, 3.05) is 31.6 Å². The number of likely N-dealkylation sites (tertiary alicyclic amines) is 1. The molecule has 2 N–H and O–H groups in total. The minimum absolute atomic E-state index is 0.0164. The van der Waals surface area contributed by atoms with Gasteiger partial charge in [-0.05, 0) is 31.0 Å². The predicted molar refractivity (Wildman–Crippen MR) is 102 cm³/mol. The van der Waals surface area contributed by atoms with Gasteiger partial charge in [-0.2, -0.15) is 0 Å². The fraction of sp³-hybridized carbons (Fsp3) is 0.350. The molecule has 1 aromatic carbocycles. The van der Waals surface area contributed by atoms with E-state index in [1.54, 1.807) is 35.2 Å². The Morgan fingerprint density at radius 1 is 1.14 bits per heavy atom. The maximum atomic E-state index is 12.0. The number of carbonyl (C=O) groups is 3. The Kier molecular flexibility index (Phi) is 6.67. The molecule has 1 aromatic heterocycles. The van der Waals surface area contributed by atoms with Gasteiger partial charge in [0.2, 0.25) is 5.91 Å². The third kappa shape index (κ3) is 5.60. The van der Waals surface area contributed by atoms with Gasteiger partial charge < -0.3 is 24.7 Å². The van der Waals surface area contributed by atoms with Crippen molar-refractivity contribution in [3.05, 3.63) is 48.4 Å². The SMILES string of the molecule is O=C(CCNC(=O)c1ccoc1)Nc1cccc(OCC(=O)N2CCCC2)c1. The maximum Gasteiger partial charge on any atom is 0.260 e. The van der Waals surface area contributed by atoms with E-state index in [0.717, 1.165) is 25.9 Å². The number of nitrogens with zero attached hydrogens (tertiary/aromatic N) is 1. The van der Waals surface area contributed by atoms with Crippen molar-refractivity contribution in [2.24, 2.45) is 0 Å². The van der Waals surface area contributed by atoms with Gasteiger partial charge in [-0.15, -0.1) is 0 Å². The van der Waals surface area contributed by atoms with Crippen LogP contribution in [-0.4, -0.2) is 48.9 Å². The van der Waals surface area contributed by atoms with Crippen molar-refractivity contribution in [3.63, 3.8) is 0 Å². The van der Waals surface area contributed by atoms with Gasteiger partial charge in [0.05, 0.1) is 11.8 Å². The fourth-order valence-electron chi connectivity index (χ4n) is 2.88. The van der Waals surface area contributed by atoms with Gasteiger partial charge in [0, 0.05) is 37.8 Å². The van der Waals surface area contributed by atoms with E-state index in [1.807, 2.05) is 0 Å². The Morgan fingerprint density at radius 3 is 2.71 bits per heavy atom. The summed E-state index contributed by atoms with van der Waals surface area (Å²) >= 11 is 0. The van der Waals surface area contributed by atoms with Crippen LogP contribution in [0.2, 0.25) is 0 Å². The summed E-state index contributed by atoms with van der Waals surface area (Å²) in [6.45, 7) is 1.76. The summed E-state index contributed by atoms with van der Waals surface area (Å²) in [7, 11) is 0. The number of nitrogens with one attached hydrogen (secondary N) is 2. The number of furan rings is 1. The topological polar surface area (TPSA) is 101 Å². The van der Waals surface area contributed by atoms with Crippen molar-refractivity contribution in [1.29, 1.82) is 0 Å². The number of hydrogen-bond acceptors (Lipinski definition) is 5. The van der Waals surface area contributed by atoms with Gasteiger partial charge >= 0.3 is 0 Å². The molecule has 1 aliphatic heterocycles. The second-order valence-corrected chi connectivity index (χ2v) is 6.47. The molecule has 0 radical (unpaired) electrons. The first kappa shape index (κ1) is 19.5. The molecule has 3 rings (SSSR count). The smallest absolute Gasteiger partial charge is 0.260 e. The standard InChI is InChI=1S/C20H23N3O5/c24-18(6-8-21-20(26)15-7-11-27-13-15)22-16-4-3-5-17(12-16)28-14-19(25)23-9-1-2-10-23/h3-5,7,11-13H,1-2,6,8-10,14H2,(H,21,26)(H,22,24). The Balaban J connectivity index is 1.41. The molecule has 0 spiro atoms. The minimum atomic E-state index is -0.292. The van der Waals surface area contributed by atoms with E-state index in [1.165, 1.54) is 12.5 Å². The number of ether oxygens (including phenoxy) is 1. The Morgan fingerprint density at radius 2 is 1.96 bits per heavy atom. The summed E-state index contributed by atoms with van der Waals surface area (Å²) in [5, 5.41) is 5.40. The highest BCUT2D eigenvalue weighted by Crippen LogP contribution is 2.18. The van der Waals surface area contributed by atoms with Crippen molar-refractivity contribution in [3.8, 4) is 5.75 Å². The first-order valence-electron chi connectivity index (χ1n) is 9.23. The van der Waals surface area contributed by atoms with Crippen LogP contribution >= 0.6 is 0 Å². The average molecular weight is 385 g/mol. The molecule has 1 fully saturated rings. The summed E-state index contributed by atoms with van der Waals surface area (Å²) in [6, 6.07) is 8.43. The van der Waals surface area contributed by atoms with Gasteiger partial charge in [0.1, 0.15) is 12.0 Å². The van der Waals surface area contributed by atoms with Crippen molar-refractivity contribution in [1.82, 2.24) is 10.2 Å². The quantitative estimate of drug-likeness (QED) is 0.724. The third-order valence-electron chi connectivity index (χ3n) is 4.36. The lowest BCUT2D eigenvalue weighted by Crippen LogP contribution is -2.32. The molecule has 28 heavy (non-hydrogen) atoms. The molecular weight excluding hydrogens is 362 g/mol. The molecule has 0 unspecified atom stereocenters. The van der Waals surface area contributed by atoms with E-state index in [-0.39, 0.29) is 37.3 Å². The predicted octanol–water partition coefficient (Wildman–Crippen LogP) is 2.04. The second kappa shape index (κ2) is 9.59. The molecular formula is C20H23N3O5. The average Bonchev–Trinajstić information content (AvgIpc) is 3.40. The zero-order valence-electron chi connectivity index (χ0n) is 15.5. The van der Waals surface area contributed by atoms with E-state index in [2.05, 4.69) is 10.6 Å². The van der Waals surface area contributed by atoms with E-state index in [4.69, 9.17) is 9.15 Å². The monoisotopic (exact) mass is 385 g/mol. The highest BCUT2D eigenvalue weighted by atomic mass is 16.5. The fourth-order valence-corrected chi connectivity index (χ4v) is 2.88. The van der Waals surface area contributed by atoms with Gasteiger partial charge in [-0.1, -0.05) is 6.07 Å². The molecule has 0 bridgehead atoms. The highest BCUT2D eigenvalue weighted by molar-refractivity contribution is 5.95. The molecule has 1 aliphatic rings. The van der Waals surface area contributed by atoms with E-state index >= 15 is 0 Å². The molecule has 2 heterocycles. The van der Waals surface area contributed by atoms with Gasteiger partial charge in [0.25, 0.3) is 11.8 Å². The maximum absolute atomic E-state index is 12.0. The lowest BCUT2D eigenvalue weighted by molar-refractivity contribution is -0.132. The van der Waals surface area contributed by atoms with Crippen LogP contribution in [-0.2, 0) is 9.59 Å². The van der Waals surface area contributed by atoms with Gasteiger partial charge in [0.15, 0.2) is 6.61 Å². The summed E-state index contributed by atoms with van der Waals surface area (Å²) in [6.07, 6.45) is 4.96. The Labute approximate surface area is 162 Å². The molecule has 0 saturated carbocycles. The number of benzene rings is 1. The minimum Gasteiger partial charge on any atom is -0.484 e. The molecule has 1 saturated heterocycles. The molecule has 148 valence electrons. The highest BCUT2D eigenvalue weighted by Gasteiger charge is 2.18. The molecule has 8 nitrogen and oxygen atoms in total. The van der Waals surface area contributed by atoms with E-state index < -0.39 is 0 Å². The van der Waals surface area contributed by atoms with Crippen LogP contribution in [0.1, 0.15) is 29.6 Å². The largest absolute Gasteiger partial charge is 0.484 e. The summed E-state index contributed by atoms with van der Waals surface area (Å²) in [5.41, 5.74) is 0.978. The van der Waals surface area contributed by atoms with Crippen LogP contribution in [0.5, 0.6) is 5.75 Å². The van der Waals surface area contributed by atoms with E-state index in [0.29, 0.717) is 17.0 Å². The van der Waals surface area contributed by atoms with Crippen LogP contribution < -0.4 is 15.4 Å². The lowest BCUT2D eigenvalue weighted by Gasteiger charge is -2.15. The number of carbonyl (C=O) groups excluding carboxylic acids is 3. The van der Waals surface area contributed by atoms with Crippen molar-refractivity contribution in [2.45, 2.75) is 19.3 Å². The Hall–Kier alpha value is -3.29. The normalized spacial score (nSPS) is 13.2. The number of hydrogen-bond donors (Lipinski definition) is 2. The number of amides is 3. The van der Waals surface area contributed by atoms with Crippen LogP contribution in [0.25, 0.3) is 0 Å². The van der Waals surface area contributed by atoms with Gasteiger partial charge in [-0.25, -0.2) is 0 Å². The molecule has 0 atom stereocenters. The summed E-state index contributed by atoms with van der Waals surface area (Å²) in [5.74, 6) is -0.0451. The third-order valence-corrected chi connectivity index (χ3v) is 4.36. The second-order valence-electron chi connectivity index (χ2n) is 6.47.